The third-order valence-corrected chi connectivity index (χ3v) is 5.36. The van der Waals surface area contributed by atoms with Crippen molar-refractivity contribution in [3.05, 3.63) is 62.9 Å². The molecule has 0 saturated carbocycles. The number of aliphatic carboxylic acids is 1. The Morgan fingerprint density at radius 1 is 1.24 bits per heavy atom. The number of methoxy groups -OCH3 is 1. The SMILES string of the molecule is COc1ccc2c(c1)c(C(C)C(=O)O)c(C)n2Cc1ccc(I)cc1. The zero-order valence-corrected chi connectivity index (χ0v) is 16.6. The van der Waals surface area contributed by atoms with Gasteiger partial charge in [0.25, 0.3) is 0 Å². The van der Waals surface area contributed by atoms with Crippen LogP contribution in [-0.2, 0) is 11.3 Å². The zero-order chi connectivity index (χ0) is 18.1. The number of benzene rings is 2. The number of nitrogens with zero attached hydrogens (tertiary/aromatic N) is 1. The maximum absolute atomic E-state index is 11.6. The van der Waals surface area contributed by atoms with Crippen LogP contribution in [0.2, 0.25) is 0 Å². The summed E-state index contributed by atoms with van der Waals surface area (Å²) in [6, 6.07) is 14.2. The maximum Gasteiger partial charge on any atom is 0.310 e. The van der Waals surface area contributed by atoms with Gasteiger partial charge in [0.2, 0.25) is 0 Å². The lowest BCUT2D eigenvalue weighted by Crippen LogP contribution is -2.09. The van der Waals surface area contributed by atoms with Gasteiger partial charge >= 0.3 is 5.97 Å². The van der Waals surface area contributed by atoms with Gasteiger partial charge in [-0.1, -0.05) is 12.1 Å². The standard InChI is InChI=1S/C20H20INO3/c1-12(20(23)24)19-13(2)22(11-14-4-6-15(21)7-5-14)18-9-8-16(25-3)10-17(18)19/h4-10,12H,11H2,1-3H3,(H,23,24). The van der Waals surface area contributed by atoms with Crippen molar-refractivity contribution in [2.45, 2.75) is 26.3 Å². The molecule has 130 valence electrons. The monoisotopic (exact) mass is 449 g/mol. The van der Waals surface area contributed by atoms with Crippen LogP contribution in [-0.4, -0.2) is 22.8 Å². The van der Waals surface area contributed by atoms with Crippen LogP contribution >= 0.6 is 22.6 Å². The van der Waals surface area contributed by atoms with Crippen molar-refractivity contribution in [3.8, 4) is 5.75 Å². The predicted molar refractivity (Wildman–Crippen MR) is 108 cm³/mol. The molecule has 1 aromatic heterocycles. The highest BCUT2D eigenvalue weighted by Gasteiger charge is 2.24. The van der Waals surface area contributed by atoms with Gasteiger partial charge in [-0.15, -0.1) is 0 Å². The average molecular weight is 449 g/mol. The second-order valence-electron chi connectivity index (χ2n) is 6.15. The maximum atomic E-state index is 11.6. The Bertz CT molecular complexity index is 928. The lowest BCUT2D eigenvalue weighted by Gasteiger charge is -2.11. The number of ether oxygens (including phenoxy) is 1. The van der Waals surface area contributed by atoms with E-state index in [2.05, 4.69) is 51.4 Å². The van der Waals surface area contributed by atoms with Crippen molar-refractivity contribution in [3.63, 3.8) is 0 Å². The molecule has 5 heteroatoms. The number of aromatic nitrogens is 1. The normalized spacial score (nSPS) is 12.3. The molecule has 0 aliphatic heterocycles. The fourth-order valence-electron chi connectivity index (χ4n) is 3.26. The van der Waals surface area contributed by atoms with E-state index in [0.29, 0.717) is 6.54 Å². The summed E-state index contributed by atoms with van der Waals surface area (Å²) in [6.07, 6.45) is 0. The molecule has 1 unspecified atom stereocenters. The second-order valence-corrected chi connectivity index (χ2v) is 7.40. The molecule has 0 saturated heterocycles. The molecule has 1 heterocycles. The number of hydrogen-bond acceptors (Lipinski definition) is 2. The molecule has 1 atom stereocenters. The first-order valence-electron chi connectivity index (χ1n) is 8.06. The lowest BCUT2D eigenvalue weighted by atomic mass is 9.98. The molecular formula is C20H20INO3. The first kappa shape index (κ1) is 17.8. The molecule has 2 aromatic carbocycles. The van der Waals surface area contributed by atoms with E-state index in [4.69, 9.17) is 4.74 Å². The molecule has 0 aliphatic rings. The van der Waals surface area contributed by atoms with E-state index in [-0.39, 0.29) is 0 Å². The molecule has 4 nitrogen and oxygen atoms in total. The topological polar surface area (TPSA) is 51.5 Å². The molecule has 0 fully saturated rings. The summed E-state index contributed by atoms with van der Waals surface area (Å²) in [7, 11) is 1.62. The summed E-state index contributed by atoms with van der Waals surface area (Å²) in [5.41, 5.74) is 4.05. The third kappa shape index (κ3) is 3.38. The van der Waals surface area contributed by atoms with Gasteiger partial charge in [-0.3, -0.25) is 4.79 Å². The van der Waals surface area contributed by atoms with Gasteiger partial charge in [-0.2, -0.15) is 0 Å². The number of carboxylic acid groups (broad SMARTS) is 1. The van der Waals surface area contributed by atoms with E-state index in [9.17, 15) is 9.90 Å². The Hall–Kier alpha value is -2.02. The van der Waals surface area contributed by atoms with Gasteiger partial charge in [0.1, 0.15) is 5.75 Å². The van der Waals surface area contributed by atoms with Gasteiger partial charge in [0.15, 0.2) is 0 Å². The van der Waals surface area contributed by atoms with Crippen LogP contribution in [0.15, 0.2) is 42.5 Å². The second kappa shape index (κ2) is 7.07. The molecule has 3 rings (SSSR count). The molecule has 0 bridgehead atoms. The molecule has 0 aliphatic carbocycles. The number of rotatable bonds is 5. The fourth-order valence-corrected chi connectivity index (χ4v) is 3.62. The summed E-state index contributed by atoms with van der Waals surface area (Å²) in [5.74, 6) is -0.662. The predicted octanol–water partition coefficient (Wildman–Crippen LogP) is 4.80. The molecular weight excluding hydrogens is 429 g/mol. The Morgan fingerprint density at radius 2 is 1.92 bits per heavy atom. The summed E-state index contributed by atoms with van der Waals surface area (Å²) in [4.78, 5) is 11.6. The summed E-state index contributed by atoms with van der Waals surface area (Å²) >= 11 is 2.29. The highest BCUT2D eigenvalue weighted by molar-refractivity contribution is 14.1. The van der Waals surface area contributed by atoms with Crippen molar-refractivity contribution < 1.29 is 14.6 Å². The van der Waals surface area contributed by atoms with Gasteiger partial charge < -0.3 is 14.4 Å². The summed E-state index contributed by atoms with van der Waals surface area (Å²) in [6.45, 7) is 4.44. The molecule has 0 amide bonds. The van der Waals surface area contributed by atoms with Crippen LogP contribution in [0.5, 0.6) is 5.75 Å². The van der Waals surface area contributed by atoms with Crippen molar-refractivity contribution >= 4 is 39.5 Å². The Kier molecular flexibility index (Phi) is 5.03. The average Bonchev–Trinajstić information content (AvgIpc) is 2.87. The van der Waals surface area contributed by atoms with E-state index in [1.54, 1.807) is 14.0 Å². The summed E-state index contributed by atoms with van der Waals surface area (Å²) in [5, 5.41) is 10.5. The first-order valence-corrected chi connectivity index (χ1v) is 9.14. The van der Waals surface area contributed by atoms with Crippen molar-refractivity contribution in [2.75, 3.05) is 7.11 Å². The number of carbonyl (C=O) groups is 1. The van der Waals surface area contributed by atoms with Crippen LogP contribution in [0.25, 0.3) is 10.9 Å². The number of carboxylic acids is 1. The minimum Gasteiger partial charge on any atom is -0.497 e. The number of hydrogen-bond donors (Lipinski definition) is 1. The molecule has 1 N–H and O–H groups in total. The van der Waals surface area contributed by atoms with E-state index in [1.807, 2.05) is 25.1 Å². The fraction of sp³-hybridized carbons (Fsp3) is 0.250. The van der Waals surface area contributed by atoms with Gasteiger partial charge in [0, 0.05) is 26.7 Å². The van der Waals surface area contributed by atoms with Crippen molar-refractivity contribution in [1.82, 2.24) is 4.57 Å². The van der Waals surface area contributed by atoms with E-state index < -0.39 is 11.9 Å². The van der Waals surface area contributed by atoms with Crippen LogP contribution < -0.4 is 4.74 Å². The van der Waals surface area contributed by atoms with E-state index in [1.165, 1.54) is 9.13 Å². The minimum absolute atomic E-state index is 0.576. The largest absolute Gasteiger partial charge is 0.497 e. The van der Waals surface area contributed by atoms with Gasteiger partial charge in [-0.25, -0.2) is 0 Å². The minimum atomic E-state index is -0.820. The van der Waals surface area contributed by atoms with Crippen LogP contribution in [0.1, 0.15) is 29.7 Å². The quantitative estimate of drug-likeness (QED) is 0.570. The Labute approximate surface area is 160 Å². The molecule has 0 radical (unpaired) electrons. The van der Waals surface area contributed by atoms with Crippen molar-refractivity contribution in [1.29, 1.82) is 0 Å². The molecule has 0 spiro atoms. The lowest BCUT2D eigenvalue weighted by molar-refractivity contribution is -0.138. The zero-order valence-electron chi connectivity index (χ0n) is 14.4. The van der Waals surface area contributed by atoms with E-state index >= 15 is 0 Å². The number of fused-ring (bicyclic) bond motifs is 1. The van der Waals surface area contributed by atoms with Crippen LogP contribution in [0.3, 0.4) is 0 Å². The molecule has 25 heavy (non-hydrogen) atoms. The van der Waals surface area contributed by atoms with Crippen molar-refractivity contribution in [2.24, 2.45) is 0 Å². The Balaban J connectivity index is 2.19. The first-order chi connectivity index (χ1) is 11.9. The third-order valence-electron chi connectivity index (χ3n) is 4.64. The van der Waals surface area contributed by atoms with Gasteiger partial charge in [0.05, 0.1) is 13.0 Å². The van der Waals surface area contributed by atoms with E-state index in [0.717, 1.165) is 27.9 Å². The van der Waals surface area contributed by atoms with Crippen LogP contribution in [0, 0.1) is 10.5 Å². The Morgan fingerprint density at radius 3 is 2.52 bits per heavy atom. The summed E-state index contributed by atoms with van der Waals surface area (Å²) < 4.78 is 8.72. The highest BCUT2D eigenvalue weighted by Crippen LogP contribution is 2.34. The smallest absolute Gasteiger partial charge is 0.310 e. The molecule has 3 aromatic rings. The highest BCUT2D eigenvalue weighted by atomic mass is 127. The van der Waals surface area contributed by atoms with Gasteiger partial charge in [-0.05, 0) is 77.9 Å². The van der Waals surface area contributed by atoms with Crippen LogP contribution in [0.4, 0.5) is 0 Å². The number of halogens is 1.